The molecule has 77 heavy (non-hydrogen) atoms. The molecule has 0 saturated heterocycles. The maximum absolute atomic E-state index is 14.1. The molecular weight excluding hydrogens is 1030 g/mol. The Balaban J connectivity index is 3.60. The zero-order valence-corrected chi connectivity index (χ0v) is 44.9. The van der Waals surface area contributed by atoms with Gasteiger partial charge in [-0.25, -0.2) is 4.79 Å². The van der Waals surface area contributed by atoms with Gasteiger partial charge in [-0.1, -0.05) is 53.7 Å². The summed E-state index contributed by atoms with van der Waals surface area (Å²) in [5.74, 6) is -14.6. The second-order valence-electron chi connectivity index (χ2n) is 19.7. The zero-order chi connectivity index (χ0) is 58.9. The van der Waals surface area contributed by atoms with Crippen molar-refractivity contribution in [2.24, 2.45) is 46.4 Å². The molecule has 29 heteroatoms. The fourth-order valence-electron chi connectivity index (χ4n) is 7.40. The summed E-state index contributed by atoms with van der Waals surface area (Å²) in [5, 5.41) is 38.5. The van der Waals surface area contributed by atoms with Crippen molar-refractivity contribution in [1.29, 1.82) is 0 Å². The van der Waals surface area contributed by atoms with Gasteiger partial charge in [-0.2, -0.15) is 12.6 Å². The maximum Gasteiger partial charge on any atom is 0.326 e. The quantitative estimate of drug-likeness (QED) is 0.0282. The summed E-state index contributed by atoms with van der Waals surface area (Å²) in [5.41, 5.74) is 27.7. The molecule has 9 atom stereocenters. The Labute approximate surface area is 451 Å². The van der Waals surface area contributed by atoms with E-state index < -0.39 is 169 Å². The molecule has 0 fully saturated rings. The zero-order valence-electron chi connectivity index (χ0n) is 44.1. The van der Waals surface area contributed by atoms with Gasteiger partial charge in [0.1, 0.15) is 54.1 Å². The van der Waals surface area contributed by atoms with Gasteiger partial charge in [0, 0.05) is 25.0 Å². The lowest BCUT2D eigenvalue weighted by Gasteiger charge is -2.28. The molecule has 0 aromatic heterocycles. The molecular formula is C48H77N13O15S. The van der Waals surface area contributed by atoms with Crippen LogP contribution in [0, 0.1) is 17.8 Å². The Hall–Kier alpha value is -7.56. The van der Waals surface area contributed by atoms with Crippen molar-refractivity contribution >= 4 is 89.5 Å². The predicted molar refractivity (Wildman–Crippen MR) is 280 cm³/mol. The van der Waals surface area contributed by atoms with E-state index in [0.717, 1.165) is 0 Å². The fraction of sp³-hybridized carbons (Fsp3) is 0.604. The van der Waals surface area contributed by atoms with Crippen LogP contribution in [0.15, 0.2) is 24.3 Å². The topological polar surface area (TPSA) is 489 Å². The molecule has 0 aliphatic rings. The summed E-state index contributed by atoms with van der Waals surface area (Å²) in [6.45, 7) is 10.7. The summed E-state index contributed by atoms with van der Waals surface area (Å²) >= 11 is 4.07. The van der Waals surface area contributed by atoms with E-state index in [0.29, 0.717) is 12.0 Å². The standard InChI is InChI=1S/C48H77N13O15S/c1-22(2)15-27(49)40(67)56-30(16-23(3)4)43(70)54-28(11-13-36(50)63)41(68)57-31(17-24(5)6)44(71)55-29(12-14-37(51)64)42(69)59-33(19-38(52)65)46(73)58-32(18-25-7-9-26(62)10-8-25)45(72)61-35(21-77)47(74)60-34(48(75)76)20-39(53)66/h7-10,22-24,27-35,62,77H,11-21,49H2,1-6H3,(H2,50,63)(H2,51,64)(H2,52,65)(H2,53,66)(H,54,70)(H,55,71)(H,56,67)(H,57,68)(H,58,73)(H,59,69)(H,60,74)(H,61,72)(H,75,76)/t27-,28-,29-,30-,31-,32-,33-,34-,35-/m0/s1. The molecule has 1 aromatic carbocycles. The van der Waals surface area contributed by atoms with Crippen molar-refractivity contribution in [2.45, 2.75) is 160 Å². The number of phenols is 1. The Morgan fingerprint density at radius 2 is 0.766 bits per heavy atom. The first-order valence-corrected chi connectivity index (χ1v) is 25.4. The van der Waals surface area contributed by atoms with E-state index in [2.05, 4.69) is 55.2 Å². The SMILES string of the molecule is CC(C)C[C@H](NC(=O)[C@H](CCC(N)=O)NC(=O)[C@H](CC(C)C)NC(=O)[C@@H](N)CC(C)C)C(=O)N[C@@H](CCC(N)=O)C(=O)N[C@@H](CC(N)=O)C(=O)N[C@@H](Cc1ccc(O)cc1)C(=O)N[C@@H](CS)C(=O)N[C@@H](CC(N)=O)C(=O)O. The number of nitrogens with one attached hydrogen (secondary N) is 8. The molecule has 28 nitrogen and oxygen atoms in total. The number of amides is 12. The van der Waals surface area contributed by atoms with Crippen LogP contribution in [0.1, 0.15) is 105 Å². The number of carbonyl (C=O) groups is 13. The van der Waals surface area contributed by atoms with Crippen LogP contribution in [-0.2, 0) is 68.7 Å². The van der Waals surface area contributed by atoms with Gasteiger partial charge in [0.25, 0.3) is 0 Å². The third kappa shape index (κ3) is 26.7. The van der Waals surface area contributed by atoms with Crippen LogP contribution in [0.25, 0.3) is 0 Å². The number of aromatic hydroxyl groups is 1. The van der Waals surface area contributed by atoms with E-state index in [4.69, 9.17) is 28.7 Å². The molecule has 0 bridgehead atoms. The number of carbonyl (C=O) groups excluding carboxylic acids is 12. The lowest BCUT2D eigenvalue weighted by molar-refractivity contribution is -0.143. The highest BCUT2D eigenvalue weighted by Crippen LogP contribution is 2.14. The first-order chi connectivity index (χ1) is 35.8. The molecule has 0 heterocycles. The lowest BCUT2D eigenvalue weighted by atomic mass is 9.99. The third-order valence-corrected chi connectivity index (χ3v) is 11.6. The Bertz CT molecular complexity index is 2270. The normalized spacial score (nSPS) is 14.6. The Morgan fingerprint density at radius 1 is 0.442 bits per heavy atom. The summed E-state index contributed by atoms with van der Waals surface area (Å²) in [4.78, 5) is 169. The number of aliphatic carboxylic acids is 1. The highest BCUT2D eigenvalue weighted by Gasteiger charge is 2.36. The molecule has 430 valence electrons. The van der Waals surface area contributed by atoms with E-state index in [1.807, 2.05) is 13.8 Å². The van der Waals surface area contributed by atoms with E-state index in [1.165, 1.54) is 24.3 Å². The van der Waals surface area contributed by atoms with Crippen LogP contribution in [0.5, 0.6) is 5.75 Å². The van der Waals surface area contributed by atoms with Gasteiger partial charge >= 0.3 is 5.97 Å². The first-order valence-electron chi connectivity index (χ1n) is 24.8. The Morgan fingerprint density at radius 3 is 1.17 bits per heavy atom. The van der Waals surface area contributed by atoms with Crippen LogP contribution in [0.2, 0.25) is 0 Å². The average Bonchev–Trinajstić information content (AvgIpc) is 3.31. The molecule has 20 N–H and O–H groups in total. The van der Waals surface area contributed by atoms with E-state index >= 15 is 0 Å². The van der Waals surface area contributed by atoms with Crippen LogP contribution in [-0.4, -0.2) is 147 Å². The molecule has 12 amide bonds. The molecule has 0 saturated carbocycles. The number of hydrogen-bond acceptors (Lipinski definition) is 16. The number of thiol groups is 1. The van der Waals surface area contributed by atoms with E-state index in [1.54, 1.807) is 27.7 Å². The second kappa shape index (κ2) is 33.5. The smallest absolute Gasteiger partial charge is 0.326 e. The van der Waals surface area contributed by atoms with Crippen LogP contribution in [0.4, 0.5) is 0 Å². The van der Waals surface area contributed by atoms with Crippen LogP contribution >= 0.6 is 12.6 Å². The van der Waals surface area contributed by atoms with Crippen LogP contribution in [0.3, 0.4) is 0 Å². The van der Waals surface area contributed by atoms with Gasteiger partial charge in [-0.3, -0.25) is 57.5 Å². The van der Waals surface area contributed by atoms with Gasteiger partial charge in [0.05, 0.1) is 18.9 Å². The molecule has 0 radical (unpaired) electrons. The van der Waals surface area contributed by atoms with E-state index in [9.17, 15) is 72.5 Å². The van der Waals surface area contributed by atoms with Crippen molar-refractivity contribution in [3.05, 3.63) is 29.8 Å². The highest BCUT2D eigenvalue weighted by atomic mass is 32.1. The molecule has 0 spiro atoms. The summed E-state index contributed by atoms with van der Waals surface area (Å²) in [6, 6.07) is -8.51. The van der Waals surface area contributed by atoms with Gasteiger partial charge < -0.3 is 81.4 Å². The molecule has 0 aliphatic carbocycles. The van der Waals surface area contributed by atoms with Gasteiger partial charge in [-0.15, -0.1) is 0 Å². The van der Waals surface area contributed by atoms with Gasteiger partial charge in [-0.05, 0) is 67.6 Å². The molecule has 1 aromatic rings. The number of benzene rings is 1. The summed E-state index contributed by atoms with van der Waals surface area (Å²) in [7, 11) is 0. The minimum Gasteiger partial charge on any atom is -0.508 e. The number of carboxylic acid groups (broad SMARTS) is 1. The molecule has 1 rings (SSSR count). The van der Waals surface area contributed by atoms with Crippen molar-refractivity contribution in [3.8, 4) is 5.75 Å². The number of phenolic OH excluding ortho intramolecular Hbond substituents is 1. The number of hydrogen-bond donors (Lipinski definition) is 16. The lowest BCUT2D eigenvalue weighted by Crippen LogP contribution is -2.61. The van der Waals surface area contributed by atoms with Crippen molar-refractivity contribution in [3.63, 3.8) is 0 Å². The number of nitrogens with two attached hydrogens (primary N) is 5. The maximum atomic E-state index is 14.1. The highest BCUT2D eigenvalue weighted by molar-refractivity contribution is 7.80. The van der Waals surface area contributed by atoms with Crippen molar-refractivity contribution < 1.29 is 72.5 Å². The number of primary amides is 4. The minimum absolute atomic E-state index is 0.0551. The Kier molecular flexibility index (Phi) is 29.3. The fourth-order valence-corrected chi connectivity index (χ4v) is 7.66. The van der Waals surface area contributed by atoms with E-state index in [-0.39, 0.29) is 49.2 Å². The van der Waals surface area contributed by atoms with Gasteiger partial charge in [0.15, 0.2) is 0 Å². The van der Waals surface area contributed by atoms with Gasteiger partial charge in [0.2, 0.25) is 70.9 Å². The number of rotatable bonds is 36. The summed E-state index contributed by atoms with van der Waals surface area (Å²) < 4.78 is 0. The first kappa shape index (κ1) is 67.5. The monoisotopic (exact) mass is 1110 g/mol. The average molecular weight is 1110 g/mol. The van der Waals surface area contributed by atoms with Crippen LogP contribution < -0.4 is 71.2 Å². The minimum atomic E-state index is -1.91. The largest absolute Gasteiger partial charge is 0.508 e. The molecule has 0 unspecified atom stereocenters. The predicted octanol–water partition coefficient (Wildman–Crippen LogP) is -4.43. The summed E-state index contributed by atoms with van der Waals surface area (Å²) in [6.07, 6.45) is -3.55. The van der Waals surface area contributed by atoms with Crippen molar-refractivity contribution in [1.82, 2.24) is 42.5 Å². The number of carboxylic acids is 1. The second-order valence-corrected chi connectivity index (χ2v) is 20.1. The molecule has 0 aliphatic heterocycles. The van der Waals surface area contributed by atoms with Crippen molar-refractivity contribution in [2.75, 3.05) is 5.75 Å². The third-order valence-electron chi connectivity index (χ3n) is 11.2.